The molecule has 0 aliphatic carbocycles. The summed E-state index contributed by atoms with van der Waals surface area (Å²) in [4.78, 5) is 10.9. The lowest BCUT2D eigenvalue weighted by Crippen LogP contribution is -2.16. The van der Waals surface area contributed by atoms with Crippen LogP contribution in [0.3, 0.4) is 0 Å². The van der Waals surface area contributed by atoms with Crippen LogP contribution in [0.4, 0.5) is 0 Å². The van der Waals surface area contributed by atoms with Crippen LogP contribution in [0.2, 0.25) is 0 Å². The van der Waals surface area contributed by atoms with E-state index < -0.39 is 13.3 Å². The van der Waals surface area contributed by atoms with Crippen LogP contribution in [0.15, 0.2) is 30.3 Å². The first-order valence-electron chi connectivity index (χ1n) is 4.86. The van der Waals surface area contributed by atoms with Crippen LogP contribution in [0.25, 0.3) is 0 Å². The minimum Gasteiger partial charge on any atom is -0.311 e. The second-order valence-corrected chi connectivity index (χ2v) is 5.77. The van der Waals surface area contributed by atoms with Crippen molar-refractivity contribution in [3.05, 3.63) is 35.9 Å². The van der Waals surface area contributed by atoms with Gasteiger partial charge in [0.05, 0.1) is 0 Å². The molecule has 0 N–H and O–H groups in total. The van der Waals surface area contributed by atoms with Crippen LogP contribution in [0.5, 0.6) is 0 Å². The summed E-state index contributed by atoms with van der Waals surface area (Å²) in [5, 5.41) is 0. The van der Waals surface area contributed by atoms with Gasteiger partial charge in [0.15, 0.2) is 0 Å². The maximum Gasteiger partial charge on any atom is 0.340 e. The Hall–Kier alpha value is -0.960. The van der Waals surface area contributed by atoms with Crippen LogP contribution in [-0.4, -0.2) is 26.2 Å². The summed E-state index contributed by atoms with van der Waals surface area (Å²) in [6.45, 7) is 0. The van der Waals surface area contributed by atoms with Gasteiger partial charge in [0.25, 0.3) is 0 Å². The van der Waals surface area contributed by atoms with E-state index in [2.05, 4.69) is 0 Å². The molecule has 1 atom stereocenters. The van der Waals surface area contributed by atoms with E-state index in [4.69, 9.17) is 9.05 Å². The Morgan fingerprint density at radius 2 is 1.81 bits per heavy atom. The van der Waals surface area contributed by atoms with Crippen molar-refractivity contribution in [3.63, 3.8) is 0 Å². The molecule has 0 bridgehead atoms. The maximum atomic E-state index is 12.0. The topological polar surface area (TPSA) is 52.6 Å². The monoisotopic (exact) mass is 242 g/mol. The molecule has 0 fully saturated rings. The van der Waals surface area contributed by atoms with Crippen molar-refractivity contribution in [2.75, 3.05) is 14.2 Å². The summed E-state index contributed by atoms with van der Waals surface area (Å²) in [5.74, 6) is 0. The van der Waals surface area contributed by atoms with Crippen molar-refractivity contribution in [2.45, 2.75) is 12.1 Å². The van der Waals surface area contributed by atoms with Crippen molar-refractivity contribution in [3.8, 4) is 0 Å². The lowest BCUT2D eigenvalue weighted by Gasteiger charge is -2.19. The molecule has 5 heteroatoms. The predicted octanol–water partition coefficient (Wildman–Crippen LogP) is 2.28. The van der Waals surface area contributed by atoms with Gasteiger partial charge in [-0.2, -0.15) is 0 Å². The van der Waals surface area contributed by atoms with E-state index >= 15 is 0 Å². The first kappa shape index (κ1) is 13.1. The number of hydrogen-bond acceptors (Lipinski definition) is 4. The van der Waals surface area contributed by atoms with Crippen LogP contribution in [0, 0.1) is 0 Å². The second-order valence-electron chi connectivity index (χ2n) is 3.30. The van der Waals surface area contributed by atoms with E-state index in [0.29, 0.717) is 12.7 Å². The smallest absolute Gasteiger partial charge is 0.311 e. The molecule has 88 valence electrons. The van der Waals surface area contributed by atoms with Crippen LogP contribution in [0.1, 0.15) is 5.56 Å². The summed E-state index contributed by atoms with van der Waals surface area (Å²) >= 11 is 0. The van der Waals surface area contributed by atoms with E-state index in [1.54, 1.807) is 0 Å². The van der Waals surface area contributed by atoms with Crippen molar-refractivity contribution in [1.82, 2.24) is 0 Å². The van der Waals surface area contributed by atoms with Gasteiger partial charge in [0.1, 0.15) is 11.9 Å². The third kappa shape index (κ3) is 3.01. The summed E-state index contributed by atoms with van der Waals surface area (Å²) < 4.78 is 21.6. The van der Waals surface area contributed by atoms with E-state index in [1.165, 1.54) is 14.2 Å². The van der Waals surface area contributed by atoms with E-state index in [0.717, 1.165) is 5.56 Å². The first-order chi connectivity index (χ1) is 7.66. The van der Waals surface area contributed by atoms with Crippen LogP contribution >= 0.6 is 7.60 Å². The minimum absolute atomic E-state index is 0.350. The zero-order chi connectivity index (χ0) is 12.0. The van der Waals surface area contributed by atoms with E-state index in [1.807, 2.05) is 30.3 Å². The zero-order valence-corrected chi connectivity index (χ0v) is 10.2. The molecule has 16 heavy (non-hydrogen) atoms. The van der Waals surface area contributed by atoms with Gasteiger partial charge < -0.3 is 13.8 Å². The Labute approximate surface area is 95.1 Å². The van der Waals surface area contributed by atoms with Crippen LogP contribution in [-0.2, 0) is 24.8 Å². The third-order valence-corrected chi connectivity index (χ3v) is 4.49. The molecule has 1 aromatic rings. The molecule has 0 heterocycles. The Morgan fingerprint density at radius 3 is 2.25 bits per heavy atom. The second kappa shape index (κ2) is 5.94. The van der Waals surface area contributed by atoms with Crippen molar-refractivity contribution in [1.29, 1.82) is 0 Å². The molecule has 0 spiro atoms. The molecule has 0 radical (unpaired) electrons. The lowest BCUT2D eigenvalue weighted by atomic mass is 10.1. The highest BCUT2D eigenvalue weighted by atomic mass is 31.2. The summed E-state index contributed by atoms with van der Waals surface area (Å²) in [6, 6.07) is 9.34. The Kier molecular flexibility index (Phi) is 4.87. The summed E-state index contributed by atoms with van der Waals surface area (Å²) in [7, 11) is -0.758. The average Bonchev–Trinajstić information content (AvgIpc) is 2.36. The van der Waals surface area contributed by atoms with Crippen molar-refractivity contribution < 1.29 is 18.4 Å². The van der Waals surface area contributed by atoms with Crippen LogP contribution < -0.4 is 0 Å². The van der Waals surface area contributed by atoms with Gasteiger partial charge in [-0.25, -0.2) is 0 Å². The molecule has 4 nitrogen and oxygen atoms in total. The fourth-order valence-corrected chi connectivity index (χ4v) is 2.71. The molecular formula is C11H15O4P. The van der Waals surface area contributed by atoms with E-state index in [-0.39, 0.29) is 0 Å². The number of aldehydes is 1. The van der Waals surface area contributed by atoms with Gasteiger partial charge in [-0.05, 0) is 12.0 Å². The number of rotatable bonds is 6. The number of carbonyl (C=O) groups excluding carboxylic acids is 1. The minimum atomic E-state index is -3.32. The normalized spacial score (nSPS) is 13.4. The third-order valence-electron chi connectivity index (χ3n) is 2.36. The Balaban J connectivity index is 2.84. The van der Waals surface area contributed by atoms with Gasteiger partial charge in [-0.1, -0.05) is 30.3 Å². The quantitative estimate of drug-likeness (QED) is 0.567. The van der Waals surface area contributed by atoms with E-state index in [9.17, 15) is 9.36 Å². The highest BCUT2D eigenvalue weighted by molar-refractivity contribution is 7.55. The summed E-state index contributed by atoms with van der Waals surface area (Å²) in [5.41, 5.74) is 0.166. The molecule has 0 amide bonds. The molecule has 1 aromatic carbocycles. The Morgan fingerprint density at radius 1 is 1.25 bits per heavy atom. The fourth-order valence-electron chi connectivity index (χ4n) is 1.44. The molecule has 1 rings (SSSR count). The number of hydrogen-bond donors (Lipinski definition) is 0. The predicted molar refractivity (Wildman–Crippen MR) is 61.6 cm³/mol. The highest BCUT2D eigenvalue weighted by Crippen LogP contribution is 2.51. The standard InChI is InChI=1S/C11H15O4P/c1-14-16(13,15-2)11(9-12)8-10-6-4-3-5-7-10/h3-7,9,11H,8H2,1-2H3/t11-/m1/s1. The highest BCUT2D eigenvalue weighted by Gasteiger charge is 2.33. The summed E-state index contributed by atoms with van der Waals surface area (Å²) in [6.07, 6.45) is 0.976. The molecular weight excluding hydrogens is 227 g/mol. The zero-order valence-electron chi connectivity index (χ0n) is 9.33. The lowest BCUT2D eigenvalue weighted by molar-refractivity contribution is -0.107. The van der Waals surface area contributed by atoms with Gasteiger partial charge in [-0.15, -0.1) is 0 Å². The fraction of sp³-hybridized carbons (Fsp3) is 0.364. The molecule has 0 saturated carbocycles. The number of benzene rings is 1. The van der Waals surface area contributed by atoms with Crippen molar-refractivity contribution in [2.24, 2.45) is 0 Å². The largest absolute Gasteiger partial charge is 0.340 e. The molecule has 0 aliphatic heterocycles. The van der Waals surface area contributed by atoms with Gasteiger partial charge in [0, 0.05) is 14.2 Å². The maximum absolute atomic E-state index is 12.0. The van der Waals surface area contributed by atoms with Crippen molar-refractivity contribution >= 4 is 13.9 Å². The molecule has 0 aromatic heterocycles. The van der Waals surface area contributed by atoms with Gasteiger partial charge in [-0.3, -0.25) is 4.57 Å². The number of carbonyl (C=O) groups is 1. The molecule has 0 saturated heterocycles. The van der Waals surface area contributed by atoms with Gasteiger partial charge >= 0.3 is 7.60 Å². The molecule has 0 aliphatic rings. The molecule has 0 unspecified atom stereocenters. The van der Waals surface area contributed by atoms with Gasteiger partial charge in [0.2, 0.25) is 0 Å². The Bertz CT molecular complexity index is 369. The first-order valence-corrected chi connectivity index (χ1v) is 6.48. The SMILES string of the molecule is COP(=O)(OC)[C@@H](C=O)Cc1ccccc1. The average molecular weight is 242 g/mol.